The van der Waals surface area contributed by atoms with Gasteiger partial charge in [-0.15, -0.1) is 22.0 Å². The highest BCUT2D eigenvalue weighted by molar-refractivity contribution is 8.01. The number of benzene rings is 2. The molecule has 0 aliphatic carbocycles. The third kappa shape index (κ3) is 6.24. The van der Waals surface area contributed by atoms with Crippen molar-refractivity contribution in [3.8, 4) is 0 Å². The molecule has 3 rings (SSSR count). The van der Waals surface area contributed by atoms with Crippen LogP contribution in [0.15, 0.2) is 57.8 Å². The Morgan fingerprint density at radius 2 is 1.81 bits per heavy atom. The summed E-state index contributed by atoms with van der Waals surface area (Å²) in [7, 11) is 0. The van der Waals surface area contributed by atoms with E-state index in [9.17, 15) is 4.79 Å². The summed E-state index contributed by atoms with van der Waals surface area (Å²) in [6.07, 6.45) is 1.08. The zero-order valence-corrected chi connectivity index (χ0v) is 17.9. The quantitative estimate of drug-likeness (QED) is 0.335. The first-order chi connectivity index (χ1) is 13.1. The Balaban J connectivity index is 1.53. The Morgan fingerprint density at radius 1 is 1.07 bits per heavy atom. The molecule has 3 aromatic rings. The number of nitrogens with zero attached hydrogens (tertiary/aromatic N) is 2. The molecular weight excluding hydrogens is 418 g/mol. The van der Waals surface area contributed by atoms with Gasteiger partial charge in [0.2, 0.25) is 5.13 Å². The lowest BCUT2D eigenvalue weighted by Crippen LogP contribution is -2.11. The number of aromatic nitrogens is 2. The van der Waals surface area contributed by atoms with Crippen LogP contribution in [0.2, 0.25) is 5.02 Å². The maximum atomic E-state index is 12.4. The molecule has 0 saturated heterocycles. The number of hydrogen-bond acceptors (Lipinski definition) is 6. The van der Waals surface area contributed by atoms with E-state index in [1.165, 1.54) is 11.3 Å². The molecule has 2 aromatic carbocycles. The summed E-state index contributed by atoms with van der Waals surface area (Å²) in [5.41, 5.74) is 1.76. The summed E-state index contributed by atoms with van der Waals surface area (Å²) >= 11 is 10.7. The smallest absolute Gasteiger partial charge is 0.257 e. The second-order valence-corrected chi connectivity index (χ2v) is 9.42. The van der Waals surface area contributed by atoms with E-state index in [0.717, 1.165) is 37.7 Å². The van der Waals surface area contributed by atoms with Gasteiger partial charge in [0.05, 0.1) is 0 Å². The van der Waals surface area contributed by atoms with Crippen molar-refractivity contribution in [2.75, 3.05) is 11.1 Å². The second kappa shape index (κ2) is 10.1. The average Bonchev–Trinajstić information content (AvgIpc) is 3.13. The highest BCUT2D eigenvalue weighted by Crippen LogP contribution is 2.27. The summed E-state index contributed by atoms with van der Waals surface area (Å²) in [5.74, 6) is 1.66. The number of amides is 1. The average molecular weight is 436 g/mol. The zero-order chi connectivity index (χ0) is 19.1. The van der Waals surface area contributed by atoms with E-state index in [4.69, 9.17) is 11.6 Å². The number of carbonyl (C=O) groups excluding carboxylic acids is 1. The number of nitrogens with one attached hydrogen (secondary N) is 1. The summed E-state index contributed by atoms with van der Waals surface area (Å²) < 4.78 is 0.877. The molecule has 140 valence electrons. The molecule has 0 aliphatic rings. The van der Waals surface area contributed by atoms with Gasteiger partial charge in [0.1, 0.15) is 0 Å². The number of rotatable bonds is 8. The van der Waals surface area contributed by atoms with Gasteiger partial charge in [-0.25, -0.2) is 0 Å². The summed E-state index contributed by atoms with van der Waals surface area (Å²) in [6.45, 7) is 2.12. The van der Waals surface area contributed by atoms with Gasteiger partial charge in [-0.1, -0.05) is 53.8 Å². The van der Waals surface area contributed by atoms with Gasteiger partial charge in [-0.05, 0) is 48.4 Å². The van der Waals surface area contributed by atoms with Crippen molar-refractivity contribution in [2.24, 2.45) is 0 Å². The highest BCUT2D eigenvalue weighted by atomic mass is 35.5. The third-order valence-corrected chi connectivity index (χ3v) is 7.00. The van der Waals surface area contributed by atoms with Crippen molar-refractivity contribution >= 4 is 57.5 Å². The fourth-order valence-electron chi connectivity index (χ4n) is 2.13. The van der Waals surface area contributed by atoms with Crippen molar-refractivity contribution < 1.29 is 4.79 Å². The molecule has 0 aliphatic heterocycles. The topological polar surface area (TPSA) is 54.9 Å². The number of hydrogen-bond donors (Lipinski definition) is 1. The molecule has 0 radical (unpaired) electrons. The van der Waals surface area contributed by atoms with Crippen LogP contribution in [0.4, 0.5) is 5.13 Å². The third-order valence-electron chi connectivity index (χ3n) is 3.49. The number of halogens is 1. The molecule has 0 bridgehead atoms. The lowest BCUT2D eigenvalue weighted by atomic mass is 10.1. The maximum Gasteiger partial charge on any atom is 0.257 e. The first-order valence-corrected chi connectivity index (χ1v) is 11.6. The second-order valence-electron chi connectivity index (χ2n) is 5.62. The minimum atomic E-state index is -0.171. The molecule has 1 amide bonds. The Bertz CT molecular complexity index is 882. The molecule has 0 saturated carbocycles. The maximum absolute atomic E-state index is 12.4. The zero-order valence-electron chi connectivity index (χ0n) is 14.6. The standard InChI is InChI=1S/C19H18ClN3OS3/c1-2-11-25-19-23-22-18(27-19)21-17(24)14-5-3-13(4-6-14)12-26-16-9-7-15(20)8-10-16/h3-10H,2,11-12H2,1H3,(H,21,22,24). The van der Waals surface area contributed by atoms with Crippen LogP contribution in [0.1, 0.15) is 29.3 Å². The number of thioether (sulfide) groups is 2. The molecule has 0 unspecified atom stereocenters. The van der Waals surface area contributed by atoms with E-state index in [1.807, 2.05) is 48.5 Å². The fourth-order valence-corrected chi connectivity index (χ4v) is 4.78. The van der Waals surface area contributed by atoms with Crippen molar-refractivity contribution in [3.05, 3.63) is 64.7 Å². The Morgan fingerprint density at radius 3 is 2.52 bits per heavy atom. The van der Waals surface area contributed by atoms with Gasteiger partial charge in [0.15, 0.2) is 4.34 Å². The van der Waals surface area contributed by atoms with Crippen LogP contribution in [0.25, 0.3) is 0 Å². The molecule has 8 heteroatoms. The number of carbonyl (C=O) groups is 1. The van der Waals surface area contributed by atoms with Crippen molar-refractivity contribution in [1.82, 2.24) is 10.2 Å². The van der Waals surface area contributed by atoms with E-state index in [1.54, 1.807) is 23.5 Å². The van der Waals surface area contributed by atoms with E-state index in [-0.39, 0.29) is 5.91 Å². The normalized spacial score (nSPS) is 10.7. The summed E-state index contributed by atoms with van der Waals surface area (Å²) in [5, 5.41) is 12.2. The van der Waals surface area contributed by atoms with Gasteiger partial charge < -0.3 is 0 Å². The Kier molecular flexibility index (Phi) is 7.58. The van der Waals surface area contributed by atoms with E-state index in [0.29, 0.717) is 10.7 Å². The molecule has 0 atom stereocenters. The molecule has 1 heterocycles. The van der Waals surface area contributed by atoms with Gasteiger partial charge >= 0.3 is 0 Å². The molecule has 4 nitrogen and oxygen atoms in total. The monoisotopic (exact) mass is 435 g/mol. The summed E-state index contributed by atoms with van der Waals surface area (Å²) in [4.78, 5) is 13.5. The van der Waals surface area contributed by atoms with Gasteiger partial charge in [-0.2, -0.15) is 0 Å². The van der Waals surface area contributed by atoms with Crippen molar-refractivity contribution in [3.63, 3.8) is 0 Å². The van der Waals surface area contributed by atoms with E-state index >= 15 is 0 Å². The van der Waals surface area contributed by atoms with Crippen LogP contribution in [0.3, 0.4) is 0 Å². The number of anilines is 1. The Hall–Kier alpha value is -1.54. The molecule has 1 N–H and O–H groups in total. The SMILES string of the molecule is CCCSc1nnc(NC(=O)c2ccc(CSc3ccc(Cl)cc3)cc2)s1. The molecular formula is C19H18ClN3OS3. The first-order valence-electron chi connectivity index (χ1n) is 8.39. The largest absolute Gasteiger partial charge is 0.296 e. The molecule has 0 fully saturated rings. The van der Waals surface area contributed by atoms with E-state index < -0.39 is 0 Å². The highest BCUT2D eigenvalue weighted by Gasteiger charge is 2.10. The van der Waals surface area contributed by atoms with Crippen molar-refractivity contribution in [1.29, 1.82) is 0 Å². The van der Waals surface area contributed by atoms with E-state index in [2.05, 4.69) is 22.4 Å². The minimum Gasteiger partial charge on any atom is -0.296 e. The van der Waals surface area contributed by atoms with Gasteiger partial charge in [0, 0.05) is 27.0 Å². The fraction of sp³-hybridized carbons (Fsp3) is 0.211. The molecule has 1 aromatic heterocycles. The minimum absolute atomic E-state index is 0.171. The van der Waals surface area contributed by atoms with Crippen LogP contribution >= 0.6 is 46.5 Å². The lowest BCUT2D eigenvalue weighted by Gasteiger charge is -2.05. The van der Waals surface area contributed by atoms with Crippen molar-refractivity contribution in [2.45, 2.75) is 28.3 Å². The molecule has 27 heavy (non-hydrogen) atoms. The van der Waals surface area contributed by atoms with Gasteiger partial charge in [-0.3, -0.25) is 10.1 Å². The first kappa shape index (κ1) is 20.2. The Labute approximate surface area is 176 Å². The predicted octanol–water partition coefficient (Wildman–Crippen LogP) is 6.24. The van der Waals surface area contributed by atoms with Crippen LogP contribution in [0, 0.1) is 0 Å². The lowest BCUT2D eigenvalue weighted by molar-refractivity contribution is 0.102. The van der Waals surface area contributed by atoms with Crippen LogP contribution in [-0.2, 0) is 5.75 Å². The predicted molar refractivity (Wildman–Crippen MR) is 116 cm³/mol. The summed E-state index contributed by atoms with van der Waals surface area (Å²) in [6, 6.07) is 15.4. The van der Waals surface area contributed by atoms with Crippen LogP contribution in [0.5, 0.6) is 0 Å². The van der Waals surface area contributed by atoms with Crippen LogP contribution < -0.4 is 5.32 Å². The molecule has 0 spiro atoms. The van der Waals surface area contributed by atoms with Gasteiger partial charge in [0.25, 0.3) is 5.91 Å². The van der Waals surface area contributed by atoms with Crippen LogP contribution in [-0.4, -0.2) is 21.9 Å².